The highest BCUT2D eigenvalue weighted by atomic mass is 15.2. The minimum atomic E-state index is 0.361. The molecule has 2 N–H and O–H groups in total. The van der Waals surface area contributed by atoms with E-state index in [9.17, 15) is 0 Å². The summed E-state index contributed by atoms with van der Waals surface area (Å²) in [5.74, 6) is 2.03. The number of anilines is 2. The maximum atomic E-state index is 6.00. The predicted molar refractivity (Wildman–Crippen MR) is 71.2 cm³/mol. The Balaban J connectivity index is 2.40. The SMILES string of the molecule is CC(C)c1c(N)ncnc1N1CCCCC1C. The van der Waals surface area contributed by atoms with Crippen molar-refractivity contribution in [3.63, 3.8) is 0 Å². The average Bonchev–Trinajstić information content (AvgIpc) is 2.28. The zero-order chi connectivity index (χ0) is 12.4. The first-order chi connectivity index (χ1) is 8.11. The van der Waals surface area contributed by atoms with Crippen LogP contribution in [0.5, 0.6) is 0 Å². The largest absolute Gasteiger partial charge is 0.383 e. The Morgan fingerprint density at radius 3 is 2.76 bits per heavy atom. The minimum Gasteiger partial charge on any atom is -0.383 e. The summed E-state index contributed by atoms with van der Waals surface area (Å²) < 4.78 is 0. The number of hydrogen-bond acceptors (Lipinski definition) is 4. The Hall–Kier alpha value is -1.32. The summed E-state index contributed by atoms with van der Waals surface area (Å²) in [6, 6.07) is 0.551. The number of nitrogens with two attached hydrogens (primary N) is 1. The van der Waals surface area contributed by atoms with Crippen LogP contribution in [-0.4, -0.2) is 22.6 Å². The fourth-order valence-electron chi connectivity index (χ4n) is 2.60. The molecule has 94 valence electrons. The molecule has 4 nitrogen and oxygen atoms in total. The van der Waals surface area contributed by atoms with Gasteiger partial charge in [-0.05, 0) is 32.1 Å². The molecule has 1 fully saturated rings. The topological polar surface area (TPSA) is 55.0 Å². The third-order valence-corrected chi connectivity index (χ3v) is 3.55. The number of aromatic nitrogens is 2. The number of piperidine rings is 1. The smallest absolute Gasteiger partial charge is 0.137 e. The van der Waals surface area contributed by atoms with Crippen molar-refractivity contribution in [3.8, 4) is 0 Å². The normalized spacial score (nSPS) is 20.9. The molecule has 1 aromatic heterocycles. The summed E-state index contributed by atoms with van der Waals surface area (Å²) in [6.07, 6.45) is 5.38. The van der Waals surface area contributed by atoms with Crippen molar-refractivity contribution in [1.29, 1.82) is 0 Å². The van der Waals surface area contributed by atoms with Crippen LogP contribution in [0.15, 0.2) is 6.33 Å². The highest BCUT2D eigenvalue weighted by molar-refractivity contribution is 5.58. The van der Waals surface area contributed by atoms with E-state index in [1.807, 2.05) is 0 Å². The molecule has 2 heterocycles. The molecule has 0 spiro atoms. The van der Waals surface area contributed by atoms with E-state index in [0.29, 0.717) is 17.8 Å². The Bertz CT molecular complexity index is 389. The van der Waals surface area contributed by atoms with Gasteiger partial charge in [0.1, 0.15) is 18.0 Å². The number of rotatable bonds is 2. The molecule has 1 atom stereocenters. The molecule has 1 aliphatic rings. The molecule has 4 heteroatoms. The molecule has 1 saturated heterocycles. The van der Waals surface area contributed by atoms with E-state index < -0.39 is 0 Å². The van der Waals surface area contributed by atoms with E-state index in [4.69, 9.17) is 5.73 Å². The average molecular weight is 234 g/mol. The third kappa shape index (κ3) is 2.35. The van der Waals surface area contributed by atoms with Gasteiger partial charge in [0.05, 0.1) is 0 Å². The van der Waals surface area contributed by atoms with Crippen molar-refractivity contribution in [3.05, 3.63) is 11.9 Å². The molecule has 17 heavy (non-hydrogen) atoms. The van der Waals surface area contributed by atoms with Gasteiger partial charge in [-0.25, -0.2) is 9.97 Å². The molecular formula is C13H22N4. The van der Waals surface area contributed by atoms with Crippen LogP contribution in [0.2, 0.25) is 0 Å². The second-order valence-electron chi connectivity index (χ2n) is 5.19. The van der Waals surface area contributed by atoms with Gasteiger partial charge in [-0.1, -0.05) is 13.8 Å². The summed E-state index contributed by atoms with van der Waals surface area (Å²) in [4.78, 5) is 11.0. The summed E-state index contributed by atoms with van der Waals surface area (Å²) in [5, 5.41) is 0. The van der Waals surface area contributed by atoms with Gasteiger partial charge in [0.15, 0.2) is 0 Å². The van der Waals surface area contributed by atoms with Gasteiger partial charge in [-0.2, -0.15) is 0 Å². The van der Waals surface area contributed by atoms with Crippen molar-refractivity contribution >= 4 is 11.6 Å². The number of nitrogens with zero attached hydrogens (tertiary/aromatic N) is 3. The van der Waals surface area contributed by atoms with Crippen molar-refractivity contribution < 1.29 is 0 Å². The molecule has 0 amide bonds. The second-order valence-corrected chi connectivity index (χ2v) is 5.19. The Morgan fingerprint density at radius 1 is 1.35 bits per heavy atom. The molecule has 0 bridgehead atoms. The lowest BCUT2D eigenvalue weighted by Gasteiger charge is -2.36. The molecule has 0 aliphatic carbocycles. The van der Waals surface area contributed by atoms with Crippen LogP contribution in [0, 0.1) is 0 Å². The first-order valence-corrected chi connectivity index (χ1v) is 6.48. The highest BCUT2D eigenvalue weighted by Crippen LogP contribution is 2.32. The Morgan fingerprint density at radius 2 is 2.12 bits per heavy atom. The van der Waals surface area contributed by atoms with Crippen molar-refractivity contribution in [1.82, 2.24) is 9.97 Å². The molecule has 0 aromatic carbocycles. The van der Waals surface area contributed by atoms with Crippen LogP contribution in [-0.2, 0) is 0 Å². The molecule has 1 aromatic rings. The summed E-state index contributed by atoms with van der Waals surface area (Å²) in [6.45, 7) is 7.64. The maximum Gasteiger partial charge on any atom is 0.137 e. The van der Waals surface area contributed by atoms with Gasteiger partial charge in [0, 0.05) is 18.2 Å². The number of nitrogen functional groups attached to an aromatic ring is 1. The molecule has 0 radical (unpaired) electrons. The van der Waals surface area contributed by atoms with Crippen LogP contribution < -0.4 is 10.6 Å². The van der Waals surface area contributed by atoms with Crippen molar-refractivity contribution in [2.24, 2.45) is 0 Å². The lowest BCUT2D eigenvalue weighted by atomic mass is 9.99. The van der Waals surface area contributed by atoms with E-state index in [1.165, 1.54) is 19.3 Å². The highest BCUT2D eigenvalue weighted by Gasteiger charge is 2.24. The Labute approximate surface area is 103 Å². The van der Waals surface area contributed by atoms with E-state index in [2.05, 4.69) is 35.6 Å². The maximum absolute atomic E-state index is 6.00. The van der Waals surface area contributed by atoms with E-state index in [0.717, 1.165) is 17.9 Å². The Kier molecular flexibility index (Phi) is 3.50. The number of hydrogen-bond donors (Lipinski definition) is 1. The van der Waals surface area contributed by atoms with Crippen molar-refractivity contribution in [2.45, 2.75) is 52.0 Å². The second kappa shape index (κ2) is 4.90. The van der Waals surface area contributed by atoms with Gasteiger partial charge in [0.25, 0.3) is 0 Å². The van der Waals surface area contributed by atoms with Crippen LogP contribution in [0.4, 0.5) is 11.6 Å². The molecular weight excluding hydrogens is 212 g/mol. The van der Waals surface area contributed by atoms with Gasteiger partial charge in [-0.3, -0.25) is 0 Å². The molecule has 1 unspecified atom stereocenters. The lowest BCUT2D eigenvalue weighted by molar-refractivity contribution is 0.479. The van der Waals surface area contributed by atoms with Gasteiger partial charge in [-0.15, -0.1) is 0 Å². The third-order valence-electron chi connectivity index (χ3n) is 3.55. The van der Waals surface area contributed by atoms with Crippen LogP contribution in [0.1, 0.15) is 51.5 Å². The first kappa shape index (κ1) is 12.1. The fraction of sp³-hybridized carbons (Fsp3) is 0.692. The monoisotopic (exact) mass is 234 g/mol. The predicted octanol–water partition coefficient (Wildman–Crippen LogP) is 2.56. The first-order valence-electron chi connectivity index (χ1n) is 6.48. The minimum absolute atomic E-state index is 0.361. The summed E-state index contributed by atoms with van der Waals surface area (Å²) in [7, 11) is 0. The summed E-state index contributed by atoms with van der Waals surface area (Å²) >= 11 is 0. The quantitative estimate of drug-likeness (QED) is 0.854. The van der Waals surface area contributed by atoms with Gasteiger partial charge >= 0.3 is 0 Å². The molecule has 0 saturated carbocycles. The van der Waals surface area contributed by atoms with Crippen LogP contribution in [0.3, 0.4) is 0 Å². The van der Waals surface area contributed by atoms with E-state index in [-0.39, 0.29) is 0 Å². The molecule has 1 aliphatic heterocycles. The van der Waals surface area contributed by atoms with Crippen LogP contribution >= 0.6 is 0 Å². The standard InChI is InChI=1S/C13H22N4/c1-9(2)11-12(14)15-8-16-13(11)17-7-5-4-6-10(17)3/h8-10H,4-7H2,1-3H3,(H2,14,15,16). The van der Waals surface area contributed by atoms with E-state index >= 15 is 0 Å². The van der Waals surface area contributed by atoms with Gasteiger partial charge < -0.3 is 10.6 Å². The van der Waals surface area contributed by atoms with Crippen LogP contribution in [0.25, 0.3) is 0 Å². The lowest BCUT2D eigenvalue weighted by Crippen LogP contribution is -2.39. The van der Waals surface area contributed by atoms with Crippen molar-refractivity contribution in [2.75, 3.05) is 17.2 Å². The summed E-state index contributed by atoms with van der Waals surface area (Å²) in [5.41, 5.74) is 7.10. The zero-order valence-electron chi connectivity index (χ0n) is 11.0. The molecule has 2 rings (SSSR count). The van der Waals surface area contributed by atoms with E-state index in [1.54, 1.807) is 6.33 Å². The fourth-order valence-corrected chi connectivity index (χ4v) is 2.60. The van der Waals surface area contributed by atoms with Gasteiger partial charge in [0.2, 0.25) is 0 Å². The zero-order valence-corrected chi connectivity index (χ0v) is 11.0.